The van der Waals surface area contributed by atoms with Crippen LogP contribution in [0.5, 0.6) is 0 Å². The Balaban J connectivity index is 1.29. The second-order valence-electron chi connectivity index (χ2n) is 6.59. The predicted molar refractivity (Wildman–Crippen MR) is 114 cm³/mol. The summed E-state index contributed by atoms with van der Waals surface area (Å²) in [5.41, 5.74) is 1.89. The summed E-state index contributed by atoms with van der Waals surface area (Å²) in [6, 6.07) is 9.91. The summed E-state index contributed by atoms with van der Waals surface area (Å²) in [6.45, 7) is 4.04. The Kier molecular flexibility index (Phi) is 6.55. The van der Waals surface area contributed by atoms with E-state index in [1.165, 1.54) is 23.1 Å². The quantitative estimate of drug-likeness (QED) is 0.577. The van der Waals surface area contributed by atoms with Crippen LogP contribution < -0.4 is 5.32 Å². The van der Waals surface area contributed by atoms with Gasteiger partial charge in [-0.15, -0.1) is 21.5 Å². The molecule has 2 aromatic heterocycles. The van der Waals surface area contributed by atoms with Crippen molar-refractivity contribution < 1.29 is 9.53 Å². The molecule has 1 amide bonds. The molecule has 1 N–H and O–H groups in total. The van der Waals surface area contributed by atoms with Gasteiger partial charge >= 0.3 is 0 Å². The number of morpholine rings is 1. The van der Waals surface area contributed by atoms with Gasteiger partial charge in [0.1, 0.15) is 5.82 Å². The Hall–Kier alpha value is -2.27. The molecule has 4 rings (SSSR count). The lowest BCUT2D eigenvalue weighted by Gasteiger charge is -2.25. The third-order valence-electron chi connectivity index (χ3n) is 4.55. The van der Waals surface area contributed by atoms with Crippen molar-refractivity contribution in [1.82, 2.24) is 24.6 Å². The number of nitrogens with zero attached hydrogens (tertiary/aromatic N) is 5. The minimum atomic E-state index is -0.110. The minimum absolute atomic E-state index is 0.110. The number of thiazole rings is 1. The Bertz CT molecular complexity index is 953. The van der Waals surface area contributed by atoms with Crippen LogP contribution in [0.1, 0.15) is 5.82 Å². The first-order chi connectivity index (χ1) is 14.2. The van der Waals surface area contributed by atoms with Gasteiger partial charge in [0.05, 0.1) is 31.2 Å². The fourth-order valence-corrected chi connectivity index (χ4v) is 4.39. The largest absolute Gasteiger partial charge is 0.379 e. The zero-order valence-corrected chi connectivity index (χ0v) is 17.7. The lowest BCUT2D eigenvalue weighted by molar-refractivity contribution is -0.113. The number of aromatic nitrogens is 4. The van der Waals surface area contributed by atoms with E-state index in [0.29, 0.717) is 5.13 Å². The molecule has 1 aliphatic heterocycles. The van der Waals surface area contributed by atoms with E-state index < -0.39 is 0 Å². The van der Waals surface area contributed by atoms with Gasteiger partial charge in [0.15, 0.2) is 10.3 Å². The molecule has 1 saturated heterocycles. The van der Waals surface area contributed by atoms with Gasteiger partial charge in [0.2, 0.25) is 5.91 Å². The number of amides is 1. The van der Waals surface area contributed by atoms with E-state index in [9.17, 15) is 4.79 Å². The van der Waals surface area contributed by atoms with Gasteiger partial charge in [0.25, 0.3) is 0 Å². The van der Waals surface area contributed by atoms with Crippen LogP contribution in [0.3, 0.4) is 0 Å². The molecule has 10 heteroatoms. The summed E-state index contributed by atoms with van der Waals surface area (Å²) in [4.78, 5) is 19.1. The molecular weight excluding hydrogens is 408 g/mol. The van der Waals surface area contributed by atoms with E-state index in [4.69, 9.17) is 4.74 Å². The molecule has 29 heavy (non-hydrogen) atoms. The molecule has 3 aromatic rings. The van der Waals surface area contributed by atoms with Gasteiger partial charge in [0, 0.05) is 31.1 Å². The van der Waals surface area contributed by atoms with Gasteiger partial charge in [-0.3, -0.25) is 9.69 Å². The van der Waals surface area contributed by atoms with Gasteiger partial charge in [-0.05, 0) is 0 Å². The second kappa shape index (κ2) is 9.49. The van der Waals surface area contributed by atoms with Crippen molar-refractivity contribution in [2.24, 2.45) is 7.05 Å². The number of hydrogen-bond donors (Lipinski definition) is 1. The topological polar surface area (TPSA) is 85.2 Å². The summed E-state index contributed by atoms with van der Waals surface area (Å²) in [7, 11) is 1.93. The van der Waals surface area contributed by atoms with E-state index in [1.54, 1.807) is 0 Å². The van der Waals surface area contributed by atoms with Crippen molar-refractivity contribution in [3.8, 4) is 11.3 Å². The van der Waals surface area contributed by atoms with Crippen LogP contribution in [-0.4, -0.2) is 62.6 Å². The van der Waals surface area contributed by atoms with Crippen LogP contribution in [0.2, 0.25) is 0 Å². The zero-order valence-electron chi connectivity index (χ0n) is 16.1. The predicted octanol–water partition coefficient (Wildman–Crippen LogP) is 2.50. The van der Waals surface area contributed by atoms with Crippen LogP contribution in [0.25, 0.3) is 11.3 Å². The van der Waals surface area contributed by atoms with E-state index in [0.717, 1.165) is 55.1 Å². The maximum Gasteiger partial charge on any atom is 0.236 e. The number of hydrogen-bond acceptors (Lipinski definition) is 8. The average Bonchev–Trinajstić information content (AvgIpc) is 3.35. The van der Waals surface area contributed by atoms with E-state index >= 15 is 0 Å². The molecule has 152 valence electrons. The van der Waals surface area contributed by atoms with E-state index in [2.05, 4.69) is 25.4 Å². The highest BCUT2D eigenvalue weighted by Gasteiger charge is 2.17. The molecule has 3 heterocycles. The summed E-state index contributed by atoms with van der Waals surface area (Å²) in [5, 5.41) is 14.6. The summed E-state index contributed by atoms with van der Waals surface area (Å²) < 4.78 is 7.32. The Morgan fingerprint density at radius 1 is 1.24 bits per heavy atom. The standard InChI is InChI=1S/C19H22N6O2S2/c1-24-16(11-25-7-9-27-10-8-25)22-23-19(24)29-13-17(26)21-18-20-15(12-28-18)14-5-3-2-4-6-14/h2-6,12H,7-11,13H2,1H3,(H,20,21,26). The van der Waals surface area contributed by atoms with Crippen LogP contribution in [-0.2, 0) is 23.1 Å². The van der Waals surface area contributed by atoms with Crippen molar-refractivity contribution in [2.75, 3.05) is 37.4 Å². The molecule has 0 aliphatic carbocycles. The average molecular weight is 431 g/mol. The summed E-state index contributed by atoms with van der Waals surface area (Å²) in [5.74, 6) is 1.04. The van der Waals surface area contributed by atoms with Crippen molar-refractivity contribution in [2.45, 2.75) is 11.7 Å². The van der Waals surface area contributed by atoms with Crippen LogP contribution in [0, 0.1) is 0 Å². The molecule has 1 aromatic carbocycles. The molecule has 0 bridgehead atoms. The molecule has 1 fully saturated rings. The first kappa shape index (κ1) is 20.0. The summed E-state index contributed by atoms with van der Waals surface area (Å²) in [6.07, 6.45) is 0. The minimum Gasteiger partial charge on any atom is -0.379 e. The third-order valence-corrected chi connectivity index (χ3v) is 6.32. The number of anilines is 1. The highest BCUT2D eigenvalue weighted by Crippen LogP contribution is 2.25. The van der Waals surface area contributed by atoms with Crippen LogP contribution >= 0.6 is 23.1 Å². The number of carbonyl (C=O) groups excluding carboxylic acids is 1. The highest BCUT2D eigenvalue weighted by atomic mass is 32.2. The lowest BCUT2D eigenvalue weighted by Crippen LogP contribution is -2.36. The number of nitrogens with one attached hydrogen (secondary N) is 1. The van der Waals surface area contributed by atoms with Crippen molar-refractivity contribution >= 4 is 34.1 Å². The summed E-state index contributed by atoms with van der Waals surface area (Å²) >= 11 is 2.79. The van der Waals surface area contributed by atoms with Gasteiger partial charge in [-0.1, -0.05) is 42.1 Å². The molecule has 0 unspecified atom stereocenters. The maximum absolute atomic E-state index is 12.3. The Labute approximate surface area is 177 Å². The smallest absolute Gasteiger partial charge is 0.236 e. The Morgan fingerprint density at radius 3 is 2.83 bits per heavy atom. The molecule has 0 saturated carbocycles. The van der Waals surface area contributed by atoms with Crippen molar-refractivity contribution in [1.29, 1.82) is 0 Å². The molecule has 8 nitrogen and oxygen atoms in total. The monoisotopic (exact) mass is 430 g/mol. The zero-order chi connectivity index (χ0) is 20.1. The van der Waals surface area contributed by atoms with E-state index in [1.807, 2.05) is 47.3 Å². The maximum atomic E-state index is 12.3. The van der Waals surface area contributed by atoms with E-state index in [-0.39, 0.29) is 11.7 Å². The van der Waals surface area contributed by atoms with Crippen molar-refractivity contribution in [3.05, 3.63) is 41.5 Å². The molecule has 0 atom stereocenters. The number of benzene rings is 1. The fraction of sp³-hybridized carbons (Fsp3) is 0.368. The second-order valence-corrected chi connectivity index (χ2v) is 8.39. The number of thioether (sulfide) groups is 1. The van der Waals surface area contributed by atoms with Gasteiger partial charge in [-0.25, -0.2) is 4.98 Å². The highest BCUT2D eigenvalue weighted by molar-refractivity contribution is 7.99. The molecule has 0 spiro atoms. The first-order valence-corrected chi connectivity index (χ1v) is 11.2. The first-order valence-electron chi connectivity index (χ1n) is 9.31. The van der Waals surface area contributed by atoms with Crippen LogP contribution in [0.4, 0.5) is 5.13 Å². The number of carbonyl (C=O) groups is 1. The lowest BCUT2D eigenvalue weighted by atomic mass is 10.2. The normalized spacial score (nSPS) is 14.8. The van der Waals surface area contributed by atoms with Crippen LogP contribution in [0.15, 0.2) is 40.9 Å². The number of rotatable bonds is 7. The Morgan fingerprint density at radius 2 is 2.03 bits per heavy atom. The van der Waals surface area contributed by atoms with Crippen molar-refractivity contribution in [3.63, 3.8) is 0 Å². The van der Waals surface area contributed by atoms with Gasteiger partial charge in [-0.2, -0.15) is 0 Å². The molecular formula is C19H22N6O2S2. The van der Waals surface area contributed by atoms with Gasteiger partial charge < -0.3 is 14.6 Å². The number of ether oxygens (including phenoxy) is 1. The third kappa shape index (κ3) is 5.21. The molecule has 0 radical (unpaired) electrons. The fourth-order valence-electron chi connectivity index (χ4n) is 2.93. The molecule has 1 aliphatic rings. The SMILES string of the molecule is Cn1c(CN2CCOCC2)nnc1SCC(=O)Nc1nc(-c2ccccc2)cs1.